The first kappa shape index (κ1) is 14.2. The Kier molecular flexibility index (Phi) is 3.74. The predicted molar refractivity (Wildman–Crippen MR) is 80.3 cm³/mol. The van der Waals surface area contributed by atoms with Crippen molar-refractivity contribution in [3.63, 3.8) is 0 Å². The molecule has 1 aliphatic heterocycles. The third-order valence-corrected chi connectivity index (χ3v) is 4.08. The standard InChI is InChI=1S/C16H15ClFNO2/c17-15-12(2-1-3-14(15)20)13-7-10(18)6-9-4-5-11(8-19)21-16(9)13/h1-3,6-7,11,20H,4-5,8,19H2/t11-/m1/s1. The average Bonchev–Trinajstić information content (AvgIpc) is 2.49. The van der Waals surface area contributed by atoms with Gasteiger partial charge in [-0.2, -0.15) is 0 Å². The van der Waals surface area contributed by atoms with E-state index in [-0.39, 0.29) is 22.7 Å². The fraction of sp³-hybridized carbons (Fsp3) is 0.250. The van der Waals surface area contributed by atoms with Crippen molar-refractivity contribution in [2.75, 3.05) is 6.54 Å². The molecule has 1 atom stereocenters. The SMILES string of the molecule is NC[C@H]1CCc2cc(F)cc(-c3cccc(O)c3Cl)c2O1. The molecule has 5 heteroatoms. The molecule has 0 aromatic heterocycles. The number of aromatic hydroxyl groups is 1. The van der Waals surface area contributed by atoms with Gasteiger partial charge in [0, 0.05) is 17.7 Å². The Hall–Kier alpha value is -1.78. The van der Waals surface area contributed by atoms with Gasteiger partial charge in [-0.3, -0.25) is 0 Å². The van der Waals surface area contributed by atoms with Gasteiger partial charge < -0.3 is 15.6 Å². The lowest BCUT2D eigenvalue weighted by atomic mass is 9.95. The molecule has 0 radical (unpaired) electrons. The van der Waals surface area contributed by atoms with E-state index < -0.39 is 0 Å². The molecule has 0 aliphatic carbocycles. The molecule has 110 valence electrons. The summed E-state index contributed by atoms with van der Waals surface area (Å²) < 4.78 is 19.8. The van der Waals surface area contributed by atoms with Gasteiger partial charge in [-0.25, -0.2) is 4.39 Å². The predicted octanol–water partition coefficient (Wildman–Crippen LogP) is 3.50. The first-order valence-electron chi connectivity index (χ1n) is 6.77. The Morgan fingerprint density at radius 2 is 2.14 bits per heavy atom. The zero-order valence-corrected chi connectivity index (χ0v) is 12.0. The average molecular weight is 308 g/mol. The Labute approximate surface area is 127 Å². The van der Waals surface area contributed by atoms with Crippen molar-refractivity contribution < 1.29 is 14.2 Å². The summed E-state index contributed by atoms with van der Waals surface area (Å²) >= 11 is 6.14. The highest BCUT2D eigenvalue weighted by atomic mass is 35.5. The summed E-state index contributed by atoms with van der Waals surface area (Å²) in [5.41, 5.74) is 7.56. The Balaban J connectivity index is 2.18. The van der Waals surface area contributed by atoms with Gasteiger partial charge in [0.25, 0.3) is 0 Å². The van der Waals surface area contributed by atoms with Gasteiger partial charge >= 0.3 is 0 Å². The molecule has 0 amide bonds. The maximum Gasteiger partial charge on any atom is 0.134 e. The van der Waals surface area contributed by atoms with Gasteiger partial charge in [0.15, 0.2) is 0 Å². The molecule has 21 heavy (non-hydrogen) atoms. The van der Waals surface area contributed by atoms with Crippen molar-refractivity contribution in [1.82, 2.24) is 0 Å². The Morgan fingerprint density at radius 1 is 1.33 bits per heavy atom. The number of aryl methyl sites for hydroxylation is 1. The summed E-state index contributed by atoms with van der Waals surface area (Å²) in [4.78, 5) is 0. The molecule has 1 aliphatic rings. The summed E-state index contributed by atoms with van der Waals surface area (Å²) in [6, 6.07) is 7.73. The largest absolute Gasteiger partial charge is 0.506 e. The number of fused-ring (bicyclic) bond motifs is 1. The van der Waals surface area contributed by atoms with Crippen LogP contribution in [0.5, 0.6) is 11.5 Å². The van der Waals surface area contributed by atoms with Crippen LogP contribution in [0.25, 0.3) is 11.1 Å². The van der Waals surface area contributed by atoms with Gasteiger partial charge in [0.05, 0.1) is 5.02 Å². The molecule has 2 aromatic rings. The van der Waals surface area contributed by atoms with E-state index in [0.29, 0.717) is 29.8 Å². The second-order valence-corrected chi connectivity index (χ2v) is 5.47. The first-order valence-corrected chi connectivity index (χ1v) is 7.15. The summed E-state index contributed by atoms with van der Waals surface area (Å²) in [6.45, 7) is 0.407. The van der Waals surface area contributed by atoms with Gasteiger partial charge in [-0.1, -0.05) is 23.7 Å². The van der Waals surface area contributed by atoms with E-state index in [0.717, 1.165) is 12.0 Å². The number of halogens is 2. The molecule has 0 bridgehead atoms. The molecule has 1 heterocycles. The molecule has 3 rings (SSSR count). The lowest BCUT2D eigenvalue weighted by Gasteiger charge is -2.27. The van der Waals surface area contributed by atoms with Crippen molar-refractivity contribution in [1.29, 1.82) is 0 Å². The van der Waals surface area contributed by atoms with Crippen molar-refractivity contribution in [2.45, 2.75) is 18.9 Å². The van der Waals surface area contributed by atoms with Gasteiger partial charge in [-0.05, 0) is 36.6 Å². The number of benzene rings is 2. The van der Waals surface area contributed by atoms with Crippen LogP contribution < -0.4 is 10.5 Å². The minimum atomic E-state index is -0.349. The van der Waals surface area contributed by atoms with Crippen LogP contribution in [0.2, 0.25) is 5.02 Å². The molecule has 3 N–H and O–H groups in total. The van der Waals surface area contributed by atoms with Crippen LogP contribution in [0.4, 0.5) is 4.39 Å². The van der Waals surface area contributed by atoms with Crippen LogP contribution in [0, 0.1) is 5.82 Å². The zero-order valence-electron chi connectivity index (χ0n) is 11.3. The lowest BCUT2D eigenvalue weighted by Crippen LogP contribution is -2.30. The molecule has 0 fully saturated rings. The van der Waals surface area contributed by atoms with E-state index in [1.54, 1.807) is 12.1 Å². The van der Waals surface area contributed by atoms with Crippen molar-refractivity contribution >= 4 is 11.6 Å². The van der Waals surface area contributed by atoms with Gasteiger partial charge in [0.2, 0.25) is 0 Å². The third-order valence-electron chi connectivity index (χ3n) is 3.68. The van der Waals surface area contributed by atoms with E-state index in [2.05, 4.69) is 0 Å². The van der Waals surface area contributed by atoms with E-state index in [1.807, 2.05) is 0 Å². The first-order chi connectivity index (χ1) is 10.1. The summed E-state index contributed by atoms with van der Waals surface area (Å²) in [5, 5.41) is 9.93. The normalized spacial score (nSPS) is 17.2. The molecule has 3 nitrogen and oxygen atoms in total. The second-order valence-electron chi connectivity index (χ2n) is 5.09. The van der Waals surface area contributed by atoms with Crippen LogP contribution in [0.15, 0.2) is 30.3 Å². The summed E-state index contributed by atoms with van der Waals surface area (Å²) in [5.74, 6) is 0.210. The van der Waals surface area contributed by atoms with Crippen LogP contribution in [-0.4, -0.2) is 17.8 Å². The third kappa shape index (κ3) is 2.57. The van der Waals surface area contributed by atoms with Crippen LogP contribution >= 0.6 is 11.6 Å². The summed E-state index contributed by atoms with van der Waals surface area (Å²) in [7, 11) is 0. The molecule has 0 saturated carbocycles. The number of hydrogen-bond donors (Lipinski definition) is 2. The highest BCUT2D eigenvalue weighted by Crippen LogP contribution is 2.43. The monoisotopic (exact) mass is 307 g/mol. The number of nitrogens with two attached hydrogens (primary N) is 1. The van der Waals surface area contributed by atoms with Crippen molar-refractivity contribution in [3.8, 4) is 22.6 Å². The number of phenols is 1. The Morgan fingerprint density at radius 3 is 2.90 bits per heavy atom. The fourth-order valence-corrected chi connectivity index (χ4v) is 2.84. The molecular formula is C16H15ClFNO2. The van der Waals surface area contributed by atoms with E-state index in [9.17, 15) is 9.50 Å². The lowest BCUT2D eigenvalue weighted by molar-refractivity contribution is 0.182. The summed E-state index contributed by atoms with van der Waals surface area (Å²) in [6.07, 6.45) is 1.39. The van der Waals surface area contributed by atoms with Crippen molar-refractivity contribution in [2.24, 2.45) is 5.73 Å². The minimum absolute atomic E-state index is 0.0432. The molecule has 0 spiro atoms. The van der Waals surface area contributed by atoms with Crippen LogP contribution in [0.3, 0.4) is 0 Å². The van der Waals surface area contributed by atoms with Crippen LogP contribution in [0.1, 0.15) is 12.0 Å². The number of rotatable bonds is 2. The molecule has 0 unspecified atom stereocenters. The van der Waals surface area contributed by atoms with E-state index in [1.165, 1.54) is 18.2 Å². The molecule has 2 aromatic carbocycles. The quantitative estimate of drug-likeness (QED) is 0.893. The number of phenolic OH excluding ortho intramolecular Hbond substituents is 1. The van der Waals surface area contributed by atoms with Crippen molar-refractivity contribution in [3.05, 3.63) is 46.7 Å². The van der Waals surface area contributed by atoms with E-state index in [4.69, 9.17) is 22.1 Å². The van der Waals surface area contributed by atoms with Gasteiger partial charge in [0.1, 0.15) is 23.4 Å². The fourth-order valence-electron chi connectivity index (χ4n) is 2.61. The maximum atomic E-state index is 13.9. The zero-order chi connectivity index (χ0) is 15.0. The van der Waals surface area contributed by atoms with Crippen LogP contribution in [-0.2, 0) is 6.42 Å². The maximum absolute atomic E-state index is 13.9. The van der Waals surface area contributed by atoms with Gasteiger partial charge in [-0.15, -0.1) is 0 Å². The highest BCUT2D eigenvalue weighted by molar-refractivity contribution is 6.34. The smallest absolute Gasteiger partial charge is 0.134 e. The Bertz CT molecular complexity index is 690. The van der Waals surface area contributed by atoms with E-state index >= 15 is 0 Å². The highest BCUT2D eigenvalue weighted by Gasteiger charge is 2.24. The number of hydrogen-bond acceptors (Lipinski definition) is 3. The number of ether oxygens (including phenoxy) is 1. The molecule has 0 saturated heterocycles. The second kappa shape index (κ2) is 5.54. The topological polar surface area (TPSA) is 55.5 Å². The minimum Gasteiger partial charge on any atom is -0.506 e. The molecular weight excluding hydrogens is 293 g/mol.